The van der Waals surface area contributed by atoms with E-state index in [4.69, 9.17) is 11.6 Å². The molecule has 1 unspecified atom stereocenters. The molecule has 1 N–H and O–H groups in total. The number of anilines is 2. The van der Waals surface area contributed by atoms with Gasteiger partial charge in [0.15, 0.2) is 0 Å². The van der Waals surface area contributed by atoms with Crippen molar-refractivity contribution in [3.63, 3.8) is 0 Å². The molecule has 1 heterocycles. The van der Waals surface area contributed by atoms with Gasteiger partial charge in [-0.15, -0.1) is 0 Å². The lowest BCUT2D eigenvalue weighted by molar-refractivity contribution is -0.133. The van der Waals surface area contributed by atoms with Crippen molar-refractivity contribution in [3.05, 3.63) is 94.5 Å². The normalized spacial score (nSPS) is 14.0. The van der Waals surface area contributed by atoms with E-state index in [2.05, 4.69) is 10.2 Å². The van der Waals surface area contributed by atoms with Gasteiger partial charge in [0.25, 0.3) is 11.8 Å². The minimum absolute atomic E-state index is 0.0949. The molecule has 40 heavy (non-hydrogen) atoms. The van der Waals surface area contributed by atoms with Gasteiger partial charge in [-0.25, -0.2) is 0 Å². The number of halogens is 1. The van der Waals surface area contributed by atoms with Crippen molar-refractivity contribution in [3.8, 4) is 0 Å². The molecule has 3 aromatic carbocycles. The molecule has 210 valence electrons. The molecule has 1 aliphatic rings. The second-order valence-electron chi connectivity index (χ2n) is 9.83. The maximum Gasteiger partial charge on any atom is 0.257 e. The lowest BCUT2D eigenvalue weighted by Crippen LogP contribution is -2.50. The Morgan fingerprint density at radius 3 is 2.12 bits per heavy atom. The molecule has 3 aromatic rings. The van der Waals surface area contributed by atoms with Gasteiger partial charge in [0, 0.05) is 50.6 Å². The zero-order chi connectivity index (χ0) is 28.6. The zero-order valence-electron chi connectivity index (χ0n) is 23.4. The quantitative estimate of drug-likeness (QED) is 0.353. The summed E-state index contributed by atoms with van der Waals surface area (Å²) >= 11 is 6.21. The van der Waals surface area contributed by atoms with Gasteiger partial charge in [-0.1, -0.05) is 61.0 Å². The van der Waals surface area contributed by atoms with Crippen LogP contribution in [0, 0.1) is 0 Å². The van der Waals surface area contributed by atoms with E-state index >= 15 is 0 Å². The van der Waals surface area contributed by atoms with Crippen LogP contribution in [0.5, 0.6) is 0 Å². The Morgan fingerprint density at radius 1 is 0.850 bits per heavy atom. The number of piperazine rings is 1. The molecule has 7 nitrogen and oxygen atoms in total. The van der Waals surface area contributed by atoms with Crippen molar-refractivity contribution in [2.75, 3.05) is 49.5 Å². The Bertz CT molecular complexity index is 1330. The number of carbonyl (C=O) groups excluding carboxylic acids is 3. The second kappa shape index (κ2) is 13.5. The first-order valence-corrected chi connectivity index (χ1v) is 14.3. The first-order valence-electron chi connectivity index (χ1n) is 14.0. The van der Waals surface area contributed by atoms with Crippen molar-refractivity contribution in [2.45, 2.75) is 33.1 Å². The summed E-state index contributed by atoms with van der Waals surface area (Å²) in [5.41, 5.74) is 3.25. The molecule has 4 rings (SSSR count). The highest BCUT2D eigenvalue weighted by molar-refractivity contribution is 6.34. The fraction of sp³-hybridized carbons (Fsp3) is 0.344. The fourth-order valence-corrected chi connectivity index (χ4v) is 5.43. The second-order valence-corrected chi connectivity index (χ2v) is 10.2. The van der Waals surface area contributed by atoms with E-state index in [9.17, 15) is 14.4 Å². The topological polar surface area (TPSA) is 73.0 Å². The minimum Gasteiger partial charge on any atom is -0.367 e. The zero-order valence-corrected chi connectivity index (χ0v) is 24.2. The Morgan fingerprint density at radius 2 is 1.50 bits per heavy atom. The Hall–Kier alpha value is -3.84. The average molecular weight is 561 g/mol. The van der Waals surface area contributed by atoms with Gasteiger partial charge >= 0.3 is 0 Å². The summed E-state index contributed by atoms with van der Waals surface area (Å²) in [6.07, 6.45) is 0.743. The third-order valence-electron chi connectivity index (χ3n) is 7.49. The van der Waals surface area contributed by atoms with E-state index in [1.165, 1.54) is 0 Å². The van der Waals surface area contributed by atoms with E-state index in [-0.39, 0.29) is 23.6 Å². The molecule has 8 heteroatoms. The van der Waals surface area contributed by atoms with Gasteiger partial charge in [-0.2, -0.15) is 0 Å². The highest BCUT2D eigenvalue weighted by atomic mass is 35.5. The first kappa shape index (κ1) is 29.2. The number of hydrogen-bond acceptors (Lipinski definition) is 4. The summed E-state index contributed by atoms with van der Waals surface area (Å²) in [4.78, 5) is 45.7. The van der Waals surface area contributed by atoms with Crippen LogP contribution in [-0.2, 0) is 4.79 Å². The molecule has 0 radical (unpaired) electrons. The van der Waals surface area contributed by atoms with Crippen LogP contribution in [0.4, 0.5) is 11.4 Å². The number of carbonyl (C=O) groups is 3. The molecule has 1 aliphatic heterocycles. The third-order valence-corrected chi connectivity index (χ3v) is 7.82. The molecule has 0 spiro atoms. The van der Waals surface area contributed by atoms with Crippen LogP contribution in [0.25, 0.3) is 0 Å². The van der Waals surface area contributed by atoms with Crippen LogP contribution < -0.4 is 10.2 Å². The van der Waals surface area contributed by atoms with E-state index in [0.29, 0.717) is 61.1 Å². The van der Waals surface area contributed by atoms with Crippen LogP contribution in [0.15, 0.2) is 72.8 Å². The fourth-order valence-electron chi connectivity index (χ4n) is 5.21. The molecule has 0 saturated carbocycles. The summed E-state index contributed by atoms with van der Waals surface area (Å²) in [7, 11) is 0. The minimum atomic E-state index is -0.337. The van der Waals surface area contributed by atoms with Crippen LogP contribution in [0.1, 0.15) is 59.4 Å². The summed E-state index contributed by atoms with van der Waals surface area (Å²) < 4.78 is 0. The number of nitrogens with one attached hydrogen (secondary N) is 1. The maximum atomic E-state index is 13.6. The Kier molecular flexibility index (Phi) is 9.83. The van der Waals surface area contributed by atoms with Crippen molar-refractivity contribution in [2.24, 2.45) is 0 Å². The number of rotatable bonds is 9. The standard InChI is InChI=1S/C32H37ClN4O3/c1-4-25(23-12-8-7-9-13-23)31(39)37-20-18-36(19-21-37)29-17-16-24(22-27(29)32(40)35(5-2)6-3)34-30(38)26-14-10-11-15-28(26)33/h7-17,22,25H,4-6,18-21H2,1-3H3,(H,34,38). The Balaban J connectivity index is 1.54. The van der Waals surface area contributed by atoms with Gasteiger partial charge in [-0.3, -0.25) is 14.4 Å². The van der Waals surface area contributed by atoms with Crippen molar-refractivity contribution in [1.82, 2.24) is 9.80 Å². The Labute approximate surface area is 241 Å². The predicted molar refractivity (Wildman–Crippen MR) is 161 cm³/mol. The summed E-state index contributed by atoms with van der Waals surface area (Å²) in [6.45, 7) is 9.47. The van der Waals surface area contributed by atoms with Crippen LogP contribution >= 0.6 is 11.6 Å². The monoisotopic (exact) mass is 560 g/mol. The molecular weight excluding hydrogens is 524 g/mol. The predicted octanol–water partition coefficient (Wildman–Crippen LogP) is 5.92. The average Bonchev–Trinajstić information content (AvgIpc) is 2.99. The number of benzene rings is 3. The van der Waals surface area contributed by atoms with Gasteiger partial charge in [0.05, 0.1) is 22.1 Å². The first-order chi connectivity index (χ1) is 19.4. The molecular formula is C32H37ClN4O3. The SMILES string of the molecule is CCC(C(=O)N1CCN(c2ccc(NC(=O)c3ccccc3Cl)cc2C(=O)N(CC)CC)CC1)c1ccccc1. The maximum absolute atomic E-state index is 13.6. The molecule has 1 atom stereocenters. The molecule has 0 aliphatic carbocycles. The summed E-state index contributed by atoms with van der Waals surface area (Å²) in [5.74, 6) is -0.447. The molecule has 1 saturated heterocycles. The largest absolute Gasteiger partial charge is 0.367 e. The van der Waals surface area contributed by atoms with Crippen molar-refractivity contribution >= 4 is 40.7 Å². The van der Waals surface area contributed by atoms with E-state index < -0.39 is 0 Å². The van der Waals surface area contributed by atoms with E-state index in [1.807, 2.05) is 68.1 Å². The molecule has 0 aromatic heterocycles. The van der Waals surface area contributed by atoms with E-state index in [1.54, 1.807) is 35.2 Å². The summed E-state index contributed by atoms with van der Waals surface area (Å²) in [6, 6.07) is 22.2. The van der Waals surface area contributed by atoms with Gasteiger partial charge in [0.2, 0.25) is 5.91 Å². The highest BCUT2D eigenvalue weighted by Crippen LogP contribution is 2.29. The van der Waals surface area contributed by atoms with Crippen molar-refractivity contribution in [1.29, 1.82) is 0 Å². The van der Waals surface area contributed by atoms with Crippen LogP contribution in [0.2, 0.25) is 5.02 Å². The smallest absolute Gasteiger partial charge is 0.257 e. The van der Waals surface area contributed by atoms with Crippen LogP contribution in [0.3, 0.4) is 0 Å². The number of hydrogen-bond donors (Lipinski definition) is 1. The lowest BCUT2D eigenvalue weighted by atomic mass is 9.94. The van der Waals surface area contributed by atoms with Gasteiger partial charge in [0.1, 0.15) is 0 Å². The van der Waals surface area contributed by atoms with E-state index in [0.717, 1.165) is 17.7 Å². The van der Waals surface area contributed by atoms with Crippen LogP contribution in [-0.4, -0.2) is 66.8 Å². The number of amides is 3. The molecule has 3 amide bonds. The van der Waals surface area contributed by atoms with Gasteiger partial charge < -0.3 is 20.0 Å². The lowest BCUT2D eigenvalue weighted by Gasteiger charge is -2.38. The molecule has 0 bridgehead atoms. The van der Waals surface area contributed by atoms with Gasteiger partial charge in [-0.05, 0) is 56.2 Å². The number of nitrogens with zero attached hydrogens (tertiary/aromatic N) is 3. The van der Waals surface area contributed by atoms with Crippen molar-refractivity contribution < 1.29 is 14.4 Å². The molecule has 1 fully saturated rings. The summed E-state index contributed by atoms with van der Waals surface area (Å²) in [5, 5.41) is 3.25. The highest BCUT2D eigenvalue weighted by Gasteiger charge is 2.29. The third kappa shape index (κ3) is 6.48.